The van der Waals surface area contributed by atoms with E-state index in [-0.39, 0.29) is 22.0 Å². The van der Waals surface area contributed by atoms with Crippen LogP contribution in [0.25, 0.3) is 0 Å². The summed E-state index contributed by atoms with van der Waals surface area (Å²) in [6.45, 7) is 0.562. The van der Waals surface area contributed by atoms with E-state index >= 15 is 0 Å². The Labute approximate surface area is 197 Å². The Hall–Kier alpha value is -2.13. The predicted molar refractivity (Wildman–Crippen MR) is 122 cm³/mol. The quantitative estimate of drug-likeness (QED) is 0.581. The van der Waals surface area contributed by atoms with Gasteiger partial charge in [0, 0.05) is 24.7 Å². The topological polar surface area (TPSA) is 92.8 Å². The van der Waals surface area contributed by atoms with Gasteiger partial charge in [0.05, 0.1) is 10.6 Å². The molecule has 3 rings (SSSR count). The zero-order valence-electron chi connectivity index (χ0n) is 17.4. The van der Waals surface area contributed by atoms with Gasteiger partial charge >= 0.3 is 5.97 Å². The van der Waals surface area contributed by atoms with Gasteiger partial charge in [0.2, 0.25) is 10.0 Å². The van der Waals surface area contributed by atoms with Crippen LogP contribution in [0.3, 0.4) is 0 Å². The van der Waals surface area contributed by atoms with Crippen LogP contribution in [0, 0.1) is 0 Å². The van der Waals surface area contributed by atoms with Crippen LogP contribution in [0.4, 0.5) is 0 Å². The van der Waals surface area contributed by atoms with Gasteiger partial charge in [-0.25, -0.2) is 13.2 Å². The summed E-state index contributed by atoms with van der Waals surface area (Å²) >= 11 is 12.1. The molecule has 1 heterocycles. The first-order chi connectivity index (χ1) is 15.3. The Morgan fingerprint density at radius 2 is 1.72 bits per heavy atom. The predicted octanol–water partition coefficient (Wildman–Crippen LogP) is 4.03. The minimum absolute atomic E-state index is 0.00504. The number of nitrogens with zero attached hydrogens (tertiary/aromatic N) is 1. The lowest BCUT2D eigenvalue weighted by molar-refractivity contribution is -0.124. The van der Waals surface area contributed by atoms with Crippen molar-refractivity contribution >= 4 is 45.1 Å². The van der Waals surface area contributed by atoms with Crippen LogP contribution < -0.4 is 5.32 Å². The van der Waals surface area contributed by atoms with E-state index in [1.807, 2.05) is 0 Å². The zero-order chi connectivity index (χ0) is 23.1. The van der Waals surface area contributed by atoms with E-state index in [1.165, 1.54) is 22.5 Å². The molecular formula is C22H24Cl2N2O5S. The number of nitrogens with one attached hydrogen (secondary N) is 1. The van der Waals surface area contributed by atoms with E-state index in [0.29, 0.717) is 18.1 Å². The third kappa shape index (κ3) is 6.45. The van der Waals surface area contributed by atoms with Crippen LogP contribution in [0.1, 0.15) is 41.6 Å². The molecule has 0 spiro atoms. The van der Waals surface area contributed by atoms with E-state index < -0.39 is 28.5 Å². The molecule has 7 nitrogen and oxygen atoms in total. The first-order valence-corrected chi connectivity index (χ1v) is 12.4. The Bertz CT molecular complexity index is 1080. The molecule has 0 radical (unpaired) electrons. The monoisotopic (exact) mass is 498 g/mol. The number of carbonyl (C=O) groups excluding carboxylic acids is 2. The van der Waals surface area contributed by atoms with Crippen molar-refractivity contribution in [2.45, 2.75) is 37.1 Å². The van der Waals surface area contributed by atoms with Crippen LogP contribution in [-0.4, -0.2) is 44.3 Å². The van der Waals surface area contributed by atoms with Crippen molar-refractivity contribution in [3.8, 4) is 0 Å². The fraction of sp³-hybridized carbons (Fsp3) is 0.364. The summed E-state index contributed by atoms with van der Waals surface area (Å²) in [4.78, 5) is 24.3. The first-order valence-electron chi connectivity index (χ1n) is 10.3. The first kappa shape index (κ1) is 24.5. The number of amides is 1. The van der Waals surface area contributed by atoms with Crippen LogP contribution in [-0.2, 0) is 26.1 Å². The minimum Gasteiger partial charge on any atom is -0.452 e. The number of halogens is 2. The third-order valence-corrected chi connectivity index (χ3v) is 7.68. The van der Waals surface area contributed by atoms with Gasteiger partial charge in [0.1, 0.15) is 4.90 Å². The third-order valence-electron chi connectivity index (χ3n) is 5.06. The summed E-state index contributed by atoms with van der Waals surface area (Å²) in [5.41, 5.74) is 0.809. The lowest BCUT2D eigenvalue weighted by Crippen LogP contribution is -2.32. The number of sulfonamides is 1. The molecule has 0 saturated carbocycles. The fourth-order valence-corrected chi connectivity index (χ4v) is 5.59. The molecule has 172 valence electrons. The van der Waals surface area contributed by atoms with Gasteiger partial charge in [-0.1, -0.05) is 48.2 Å². The Morgan fingerprint density at radius 3 is 2.41 bits per heavy atom. The van der Waals surface area contributed by atoms with Crippen molar-refractivity contribution in [3.05, 3.63) is 63.6 Å². The second-order valence-electron chi connectivity index (χ2n) is 7.45. The second kappa shape index (κ2) is 11.1. The Kier molecular flexibility index (Phi) is 8.53. The highest BCUT2D eigenvalue weighted by molar-refractivity contribution is 7.89. The van der Waals surface area contributed by atoms with Crippen molar-refractivity contribution in [3.63, 3.8) is 0 Å². The molecule has 1 saturated heterocycles. The Morgan fingerprint density at radius 1 is 1.00 bits per heavy atom. The Balaban J connectivity index is 1.62. The smallest absolute Gasteiger partial charge is 0.338 e. The number of esters is 1. The highest BCUT2D eigenvalue weighted by atomic mass is 35.5. The summed E-state index contributed by atoms with van der Waals surface area (Å²) < 4.78 is 32.6. The molecule has 0 aliphatic carbocycles. The molecule has 1 fully saturated rings. The number of rotatable bonds is 7. The summed E-state index contributed by atoms with van der Waals surface area (Å²) in [7, 11) is -3.84. The van der Waals surface area contributed by atoms with Gasteiger partial charge in [-0.15, -0.1) is 0 Å². The van der Waals surface area contributed by atoms with Crippen LogP contribution in [0.2, 0.25) is 10.0 Å². The summed E-state index contributed by atoms with van der Waals surface area (Å²) in [6, 6.07) is 10.9. The minimum atomic E-state index is -3.84. The fourth-order valence-electron chi connectivity index (χ4n) is 3.36. The van der Waals surface area contributed by atoms with Crippen LogP contribution in [0.5, 0.6) is 0 Å². The number of hydrogen-bond donors (Lipinski definition) is 1. The van der Waals surface area contributed by atoms with Crippen molar-refractivity contribution in [2.24, 2.45) is 0 Å². The largest absolute Gasteiger partial charge is 0.452 e. The van der Waals surface area contributed by atoms with Crippen molar-refractivity contribution in [1.29, 1.82) is 0 Å². The second-order valence-corrected chi connectivity index (χ2v) is 10.2. The van der Waals surface area contributed by atoms with Gasteiger partial charge in [-0.3, -0.25) is 4.79 Å². The molecule has 32 heavy (non-hydrogen) atoms. The summed E-state index contributed by atoms with van der Waals surface area (Å²) in [5.74, 6) is -1.31. The highest BCUT2D eigenvalue weighted by Gasteiger charge is 2.28. The van der Waals surface area contributed by atoms with Gasteiger partial charge in [-0.2, -0.15) is 4.31 Å². The van der Waals surface area contributed by atoms with Gasteiger partial charge in [0.25, 0.3) is 5.91 Å². The van der Waals surface area contributed by atoms with E-state index in [2.05, 4.69) is 5.32 Å². The van der Waals surface area contributed by atoms with E-state index in [4.69, 9.17) is 27.9 Å². The molecule has 0 unspecified atom stereocenters. The molecule has 1 aliphatic heterocycles. The van der Waals surface area contributed by atoms with Gasteiger partial charge in [-0.05, 0) is 48.7 Å². The van der Waals surface area contributed by atoms with Gasteiger partial charge < -0.3 is 10.1 Å². The van der Waals surface area contributed by atoms with Crippen molar-refractivity contribution in [2.75, 3.05) is 19.7 Å². The summed E-state index contributed by atoms with van der Waals surface area (Å²) in [6.07, 6.45) is 3.52. The molecule has 1 aliphatic rings. The SMILES string of the molecule is O=C(COC(=O)c1ccc(Cl)c(S(=O)(=O)N2CCCCCC2)c1)NCc1cccc(Cl)c1. The highest BCUT2D eigenvalue weighted by Crippen LogP contribution is 2.28. The van der Waals surface area contributed by atoms with Crippen LogP contribution >= 0.6 is 23.2 Å². The molecule has 10 heteroatoms. The number of carbonyl (C=O) groups is 2. The normalized spacial score (nSPS) is 15.1. The zero-order valence-corrected chi connectivity index (χ0v) is 19.7. The number of benzene rings is 2. The maximum Gasteiger partial charge on any atom is 0.338 e. The molecule has 0 atom stereocenters. The molecule has 0 bridgehead atoms. The number of ether oxygens (including phenoxy) is 1. The molecule has 1 N–H and O–H groups in total. The molecule has 0 aromatic heterocycles. The standard InChI is InChI=1S/C22H24Cl2N2O5S/c23-18-7-5-6-16(12-18)14-25-21(27)15-31-22(28)17-8-9-19(24)20(13-17)32(29,30)26-10-3-1-2-4-11-26/h5-9,12-13H,1-4,10-11,14-15H2,(H,25,27). The maximum atomic E-state index is 13.1. The lowest BCUT2D eigenvalue weighted by atomic mass is 10.2. The van der Waals surface area contributed by atoms with Crippen molar-refractivity contribution < 1.29 is 22.7 Å². The average Bonchev–Trinajstić information content (AvgIpc) is 3.06. The molecule has 2 aromatic rings. The van der Waals surface area contributed by atoms with E-state index in [0.717, 1.165) is 31.2 Å². The molecule has 1 amide bonds. The van der Waals surface area contributed by atoms with E-state index in [9.17, 15) is 18.0 Å². The number of hydrogen-bond acceptors (Lipinski definition) is 5. The molecular weight excluding hydrogens is 475 g/mol. The van der Waals surface area contributed by atoms with Crippen molar-refractivity contribution in [1.82, 2.24) is 9.62 Å². The van der Waals surface area contributed by atoms with Crippen LogP contribution in [0.15, 0.2) is 47.4 Å². The maximum absolute atomic E-state index is 13.1. The average molecular weight is 499 g/mol. The van der Waals surface area contributed by atoms with Gasteiger partial charge in [0.15, 0.2) is 6.61 Å². The lowest BCUT2D eigenvalue weighted by Gasteiger charge is -2.21. The summed E-state index contributed by atoms with van der Waals surface area (Å²) in [5, 5.41) is 3.21. The molecule has 2 aromatic carbocycles. The van der Waals surface area contributed by atoms with E-state index in [1.54, 1.807) is 24.3 Å².